The second-order valence-electron chi connectivity index (χ2n) is 0.701. The summed E-state index contributed by atoms with van der Waals surface area (Å²) in [5.74, 6) is 4.78. The first-order valence-electron chi connectivity index (χ1n) is 2.24. The van der Waals surface area contributed by atoms with Crippen molar-refractivity contribution < 1.29 is 0 Å². The smallest absolute Gasteiger partial charge is 0.0861 e. The Hall–Kier alpha value is -0.150. The number of nitrogens with two attached hydrogens (primary N) is 1. The third kappa shape index (κ3) is 25.3. The maximum atomic E-state index is 4.78. The maximum Gasteiger partial charge on any atom is 0.0861 e. The molecule has 0 fully saturated rings. The van der Waals surface area contributed by atoms with E-state index >= 15 is 0 Å². The van der Waals surface area contributed by atoms with Gasteiger partial charge in [-0.25, -0.2) is 0 Å². The Morgan fingerprint density at radius 1 is 1.57 bits per heavy atom. The molecule has 3 N–H and O–H groups in total. The van der Waals surface area contributed by atoms with Gasteiger partial charge in [0.2, 0.25) is 0 Å². The monoisotopic (exact) mass is 120 g/mol. The zero-order chi connectivity index (χ0) is 6.28. The van der Waals surface area contributed by atoms with Gasteiger partial charge in [0.05, 0.1) is 4.99 Å². The first-order valence-corrected chi connectivity index (χ1v) is 2.65. The molecule has 0 heterocycles. The molecule has 44 valence electrons. The van der Waals surface area contributed by atoms with E-state index in [-0.39, 0.29) is 0 Å². The van der Waals surface area contributed by atoms with Crippen LogP contribution >= 0.6 is 12.2 Å². The molecule has 0 radical (unpaired) electrons. The Bertz CT molecular complexity index is 45.0. The van der Waals surface area contributed by atoms with Crippen LogP contribution in [0.2, 0.25) is 0 Å². The van der Waals surface area contributed by atoms with Crippen molar-refractivity contribution in [1.82, 2.24) is 5.43 Å². The van der Waals surface area contributed by atoms with Crippen molar-refractivity contribution in [2.24, 2.45) is 5.84 Å². The number of hydrogen-bond acceptors (Lipinski definition) is 2. The molecule has 0 aliphatic heterocycles. The molecule has 0 spiro atoms. The Balaban J connectivity index is 0. The van der Waals surface area contributed by atoms with Crippen LogP contribution in [-0.2, 0) is 0 Å². The Kier molecular flexibility index (Phi) is 13.2. The zero-order valence-corrected chi connectivity index (χ0v) is 5.80. The maximum absolute atomic E-state index is 4.78. The van der Waals surface area contributed by atoms with Gasteiger partial charge < -0.3 is 5.43 Å². The highest BCUT2D eigenvalue weighted by atomic mass is 32.1. The van der Waals surface area contributed by atoms with Crippen molar-refractivity contribution >= 4 is 17.2 Å². The fourth-order valence-electron chi connectivity index (χ4n) is 0. The summed E-state index contributed by atoms with van der Waals surface area (Å²) in [7, 11) is 0. The molecule has 0 saturated heterocycles. The molecule has 0 aromatic rings. The second-order valence-corrected chi connectivity index (χ2v) is 1.31. The number of nitrogens with one attached hydrogen (secondary N) is 1. The number of rotatable bonds is 0. The minimum atomic E-state index is 0.616. The van der Waals surface area contributed by atoms with Gasteiger partial charge in [-0.1, -0.05) is 26.1 Å². The summed E-state index contributed by atoms with van der Waals surface area (Å²) < 4.78 is 0. The molecule has 2 nitrogen and oxygen atoms in total. The van der Waals surface area contributed by atoms with Crippen LogP contribution in [0.1, 0.15) is 20.8 Å². The van der Waals surface area contributed by atoms with E-state index in [4.69, 9.17) is 5.84 Å². The summed E-state index contributed by atoms with van der Waals surface area (Å²) in [4.78, 5) is 0.616. The highest BCUT2D eigenvalue weighted by Gasteiger charge is 1.66. The van der Waals surface area contributed by atoms with Gasteiger partial charge in [0.1, 0.15) is 0 Å². The van der Waals surface area contributed by atoms with Gasteiger partial charge in [-0.3, -0.25) is 5.84 Å². The fourth-order valence-corrected chi connectivity index (χ4v) is 0. The van der Waals surface area contributed by atoms with Crippen molar-refractivity contribution in [2.75, 3.05) is 0 Å². The molecule has 0 amide bonds. The van der Waals surface area contributed by atoms with E-state index in [0.717, 1.165) is 0 Å². The lowest BCUT2D eigenvalue weighted by atomic mass is 10.8. The summed E-state index contributed by atoms with van der Waals surface area (Å²) in [6, 6.07) is 0. The van der Waals surface area contributed by atoms with E-state index in [1.54, 1.807) is 6.92 Å². The van der Waals surface area contributed by atoms with Crippen LogP contribution in [0.15, 0.2) is 0 Å². The van der Waals surface area contributed by atoms with Gasteiger partial charge in [-0.05, 0) is 6.92 Å². The molecule has 0 aromatic carbocycles. The molecule has 0 atom stereocenters. The second kappa shape index (κ2) is 9.28. The van der Waals surface area contributed by atoms with Gasteiger partial charge in [0.25, 0.3) is 0 Å². The molecule has 0 aliphatic rings. The molecular weight excluding hydrogens is 108 g/mol. The van der Waals surface area contributed by atoms with Crippen LogP contribution in [0.4, 0.5) is 0 Å². The number of hydrazine groups is 1. The summed E-state index contributed by atoms with van der Waals surface area (Å²) in [5.41, 5.74) is 2.26. The predicted octanol–water partition coefficient (Wildman–Crippen LogP) is 0.823. The lowest BCUT2D eigenvalue weighted by Crippen LogP contribution is -2.25. The number of thiocarbonyl (C=S) groups is 1. The van der Waals surface area contributed by atoms with E-state index < -0.39 is 0 Å². The SMILES string of the molecule is CC.CC(=S)NN. The van der Waals surface area contributed by atoms with Gasteiger partial charge in [0.15, 0.2) is 0 Å². The minimum absolute atomic E-state index is 0.616. The van der Waals surface area contributed by atoms with Crippen LogP contribution in [0.5, 0.6) is 0 Å². The lowest BCUT2D eigenvalue weighted by molar-refractivity contribution is 1.04. The lowest BCUT2D eigenvalue weighted by Gasteiger charge is -1.85. The van der Waals surface area contributed by atoms with E-state index in [0.29, 0.717) is 4.99 Å². The van der Waals surface area contributed by atoms with Crippen molar-refractivity contribution in [3.63, 3.8) is 0 Å². The third-order valence-electron chi connectivity index (χ3n) is 0.203. The molecule has 0 rings (SSSR count). The number of hydrogen-bond donors (Lipinski definition) is 2. The van der Waals surface area contributed by atoms with Crippen molar-refractivity contribution in [3.8, 4) is 0 Å². The van der Waals surface area contributed by atoms with Crippen LogP contribution < -0.4 is 11.3 Å². The topological polar surface area (TPSA) is 38.0 Å². The van der Waals surface area contributed by atoms with Crippen LogP contribution in [-0.4, -0.2) is 4.99 Å². The highest BCUT2D eigenvalue weighted by molar-refractivity contribution is 7.80. The van der Waals surface area contributed by atoms with Gasteiger partial charge >= 0.3 is 0 Å². The van der Waals surface area contributed by atoms with Crippen molar-refractivity contribution in [1.29, 1.82) is 0 Å². The van der Waals surface area contributed by atoms with Gasteiger partial charge in [0, 0.05) is 0 Å². The normalized spacial score (nSPS) is 5.71. The molecule has 7 heavy (non-hydrogen) atoms. The Labute approximate surface area is 50.1 Å². The first kappa shape index (κ1) is 9.97. The first-order chi connectivity index (χ1) is 3.27. The summed E-state index contributed by atoms with van der Waals surface area (Å²) in [6.07, 6.45) is 0. The van der Waals surface area contributed by atoms with E-state index in [2.05, 4.69) is 17.6 Å². The molecular formula is C4H12N2S. The summed E-state index contributed by atoms with van der Waals surface area (Å²) in [6.45, 7) is 5.72. The standard InChI is InChI=1S/C2H6N2S.C2H6/c1-2(5)4-3;1-2/h3H2,1H3,(H,4,5);1-2H3. The van der Waals surface area contributed by atoms with Crippen LogP contribution in [0, 0.1) is 0 Å². The molecule has 0 aromatic heterocycles. The summed E-state index contributed by atoms with van der Waals surface area (Å²) >= 11 is 4.46. The summed E-state index contributed by atoms with van der Waals surface area (Å²) in [5, 5.41) is 0. The fraction of sp³-hybridized carbons (Fsp3) is 0.750. The molecule has 0 bridgehead atoms. The van der Waals surface area contributed by atoms with E-state index in [1.165, 1.54) is 0 Å². The highest BCUT2D eigenvalue weighted by Crippen LogP contribution is 1.54. The van der Waals surface area contributed by atoms with E-state index in [9.17, 15) is 0 Å². The average molecular weight is 120 g/mol. The molecule has 3 heteroatoms. The zero-order valence-electron chi connectivity index (χ0n) is 4.99. The van der Waals surface area contributed by atoms with Crippen molar-refractivity contribution in [2.45, 2.75) is 20.8 Å². The van der Waals surface area contributed by atoms with Gasteiger partial charge in [-0.2, -0.15) is 0 Å². The predicted molar refractivity (Wildman–Crippen MR) is 36.9 cm³/mol. The molecule has 0 saturated carbocycles. The molecule has 0 unspecified atom stereocenters. The third-order valence-corrected chi connectivity index (χ3v) is 0.321. The quantitative estimate of drug-likeness (QED) is 0.282. The van der Waals surface area contributed by atoms with Crippen LogP contribution in [0.25, 0.3) is 0 Å². The molecule has 0 aliphatic carbocycles. The largest absolute Gasteiger partial charge is 0.318 e. The minimum Gasteiger partial charge on any atom is -0.318 e. The Morgan fingerprint density at radius 2 is 1.71 bits per heavy atom. The Morgan fingerprint density at radius 3 is 1.71 bits per heavy atom. The van der Waals surface area contributed by atoms with Crippen LogP contribution in [0.3, 0.4) is 0 Å². The average Bonchev–Trinajstić information content (AvgIpc) is 1.73. The van der Waals surface area contributed by atoms with E-state index in [1.807, 2.05) is 13.8 Å². The van der Waals surface area contributed by atoms with Gasteiger partial charge in [-0.15, -0.1) is 0 Å². The van der Waals surface area contributed by atoms with Crippen molar-refractivity contribution in [3.05, 3.63) is 0 Å².